The SMILES string of the molecule is COc1cc(F)cc(C2(O)CC3CCC(C2)N3Cc2ccccc2)c1. The molecule has 3 nitrogen and oxygen atoms in total. The maximum atomic E-state index is 13.9. The lowest BCUT2D eigenvalue weighted by molar-refractivity contribution is -0.0597. The Morgan fingerprint density at radius 3 is 2.44 bits per heavy atom. The van der Waals surface area contributed by atoms with Crippen molar-refractivity contribution in [1.82, 2.24) is 4.90 Å². The number of fused-ring (bicyclic) bond motifs is 2. The molecule has 2 aromatic rings. The summed E-state index contributed by atoms with van der Waals surface area (Å²) in [5, 5.41) is 11.3. The fourth-order valence-corrected chi connectivity index (χ4v) is 4.55. The minimum Gasteiger partial charge on any atom is -0.497 e. The molecule has 0 aromatic heterocycles. The molecule has 2 saturated heterocycles. The van der Waals surface area contributed by atoms with E-state index in [0.29, 0.717) is 36.2 Å². The third-order valence-corrected chi connectivity index (χ3v) is 5.77. The van der Waals surface area contributed by atoms with Crippen LogP contribution in [0.5, 0.6) is 5.75 Å². The molecule has 1 N–H and O–H groups in total. The first-order valence-corrected chi connectivity index (χ1v) is 8.94. The summed E-state index contributed by atoms with van der Waals surface area (Å²) in [6.07, 6.45) is 3.46. The molecule has 4 rings (SSSR count). The van der Waals surface area contributed by atoms with E-state index in [1.807, 2.05) is 6.07 Å². The smallest absolute Gasteiger partial charge is 0.127 e. The zero-order valence-corrected chi connectivity index (χ0v) is 14.5. The van der Waals surface area contributed by atoms with Crippen LogP contribution in [0.3, 0.4) is 0 Å². The highest BCUT2D eigenvalue weighted by atomic mass is 19.1. The summed E-state index contributed by atoms with van der Waals surface area (Å²) in [5.41, 5.74) is 0.965. The fourth-order valence-electron chi connectivity index (χ4n) is 4.55. The Hall–Kier alpha value is -1.91. The second-order valence-corrected chi connectivity index (χ2v) is 7.36. The Balaban J connectivity index is 1.57. The number of hydrogen-bond acceptors (Lipinski definition) is 3. The van der Waals surface area contributed by atoms with Crippen LogP contribution in [0.25, 0.3) is 0 Å². The number of ether oxygens (including phenoxy) is 1. The number of rotatable bonds is 4. The molecule has 25 heavy (non-hydrogen) atoms. The van der Waals surface area contributed by atoms with Gasteiger partial charge in [-0.2, -0.15) is 0 Å². The van der Waals surface area contributed by atoms with Gasteiger partial charge in [-0.1, -0.05) is 30.3 Å². The van der Waals surface area contributed by atoms with Crippen molar-refractivity contribution in [3.05, 3.63) is 65.5 Å². The van der Waals surface area contributed by atoms with E-state index in [9.17, 15) is 9.50 Å². The molecule has 2 heterocycles. The van der Waals surface area contributed by atoms with Crippen LogP contribution in [0.15, 0.2) is 48.5 Å². The molecule has 132 valence electrons. The van der Waals surface area contributed by atoms with Crippen molar-refractivity contribution in [2.24, 2.45) is 0 Å². The normalized spacial score (nSPS) is 28.9. The van der Waals surface area contributed by atoms with Gasteiger partial charge in [-0.3, -0.25) is 4.90 Å². The van der Waals surface area contributed by atoms with Gasteiger partial charge in [-0.25, -0.2) is 4.39 Å². The molecule has 0 spiro atoms. The maximum absolute atomic E-state index is 13.9. The maximum Gasteiger partial charge on any atom is 0.127 e. The summed E-state index contributed by atoms with van der Waals surface area (Å²) in [6, 6.07) is 15.7. The molecule has 2 aliphatic rings. The third-order valence-electron chi connectivity index (χ3n) is 5.77. The predicted octanol–water partition coefficient (Wildman–Crippen LogP) is 3.85. The number of nitrogens with zero attached hydrogens (tertiary/aromatic N) is 1. The first-order chi connectivity index (χ1) is 12.1. The van der Waals surface area contributed by atoms with E-state index < -0.39 is 5.60 Å². The Morgan fingerprint density at radius 2 is 1.80 bits per heavy atom. The van der Waals surface area contributed by atoms with Crippen molar-refractivity contribution in [1.29, 1.82) is 0 Å². The molecule has 2 atom stereocenters. The molecule has 2 fully saturated rings. The highest BCUT2D eigenvalue weighted by molar-refractivity contribution is 5.34. The summed E-state index contributed by atoms with van der Waals surface area (Å²) in [6.45, 7) is 0.915. The van der Waals surface area contributed by atoms with Gasteiger partial charge in [0, 0.05) is 24.7 Å². The van der Waals surface area contributed by atoms with Gasteiger partial charge in [0.25, 0.3) is 0 Å². The second kappa shape index (κ2) is 6.43. The zero-order chi connectivity index (χ0) is 17.4. The number of piperidine rings is 1. The molecule has 0 radical (unpaired) electrons. The van der Waals surface area contributed by atoms with Gasteiger partial charge in [0.05, 0.1) is 12.7 Å². The summed E-state index contributed by atoms with van der Waals surface area (Å²) in [5.74, 6) is 0.101. The Bertz CT molecular complexity index is 735. The van der Waals surface area contributed by atoms with Crippen molar-refractivity contribution in [3.63, 3.8) is 0 Å². The topological polar surface area (TPSA) is 32.7 Å². The fraction of sp³-hybridized carbons (Fsp3) is 0.429. The van der Waals surface area contributed by atoms with Crippen LogP contribution in [0.1, 0.15) is 36.8 Å². The van der Waals surface area contributed by atoms with Crippen LogP contribution in [-0.4, -0.2) is 29.2 Å². The van der Waals surface area contributed by atoms with Gasteiger partial charge in [-0.05, 0) is 48.9 Å². The van der Waals surface area contributed by atoms with Gasteiger partial charge in [0.2, 0.25) is 0 Å². The average molecular weight is 341 g/mol. The first-order valence-electron chi connectivity index (χ1n) is 8.94. The average Bonchev–Trinajstić information content (AvgIpc) is 2.86. The van der Waals surface area contributed by atoms with E-state index in [-0.39, 0.29) is 5.82 Å². The van der Waals surface area contributed by atoms with E-state index in [1.165, 1.54) is 24.8 Å². The molecule has 0 aliphatic carbocycles. The highest BCUT2D eigenvalue weighted by Crippen LogP contribution is 2.46. The van der Waals surface area contributed by atoms with Crippen LogP contribution in [0.4, 0.5) is 4.39 Å². The Morgan fingerprint density at radius 1 is 1.12 bits per heavy atom. The van der Waals surface area contributed by atoms with Gasteiger partial charge in [0.1, 0.15) is 11.6 Å². The monoisotopic (exact) mass is 341 g/mol. The zero-order valence-electron chi connectivity index (χ0n) is 14.5. The summed E-state index contributed by atoms with van der Waals surface area (Å²) < 4.78 is 19.1. The molecular formula is C21H24FNO2. The second-order valence-electron chi connectivity index (χ2n) is 7.36. The van der Waals surface area contributed by atoms with E-state index in [1.54, 1.807) is 6.07 Å². The number of benzene rings is 2. The van der Waals surface area contributed by atoms with Crippen molar-refractivity contribution < 1.29 is 14.2 Å². The Labute approximate surface area is 148 Å². The summed E-state index contributed by atoms with van der Waals surface area (Å²) in [4.78, 5) is 2.51. The van der Waals surface area contributed by atoms with E-state index >= 15 is 0 Å². The summed E-state index contributed by atoms with van der Waals surface area (Å²) >= 11 is 0. The Kier molecular flexibility index (Phi) is 4.26. The minimum atomic E-state index is -0.978. The van der Waals surface area contributed by atoms with E-state index in [4.69, 9.17) is 4.74 Å². The van der Waals surface area contributed by atoms with Crippen molar-refractivity contribution in [2.75, 3.05) is 7.11 Å². The van der Waals surface area contributed by atoms with Crippen LogP contribution in [0, 0.1) is 5.82 Å². The van der Waals surface area contributed by atoms with Crippen LogP contribution in [-0.2, 0) is 12.1 Å². The van der Waals surface area contributed by atoms with Crippen molar-refractivity contribution in [2.45, 2.75) is 49.9 Å². The lowest BCUT2D eigenvalue weighted by atomic mass is 9.80. The molecule has 0 amide bonds. The molecule has 2 aromatic carbocycles. The molecule has 2 bridgehead atoms. The minimum absolute atomic E-state index is 0.332. The highest BCUT2D eigenvalue weighted by Gasteiger charge is 2.48. The molecule has 2 unspecified atom stereocenters. The third kappa shape index (κ3) is 3.16. The summed E-state index contributed by atoms with van der Waals surface area (Å²) in [7, 11) is 1.52. The predicted molar refractivity (Wildman–Crippen MR) is 94.9 cm³/mol. The standard InChI is InChI=1S/C21H24FNO2/c1-25-20-10-16(9-17(22)11-20)21(24)12-18-7-8-19(13-21)23(18)14-15-5-3-2-4-6-15/h2-6,9-11,18-19,24H,7-8,12-14H2,1H3. The lowest BCUT2D eigenvalue weighted by Crippen LogP contribution is -2.49. The van der Waals surface area contributed by atoms with Gasteiger partial charge in [0.15, 0.2) is 0 Å². The van der Waals surface area contributed by atoms with Gasteiger partial charge in [-0.15, -0.1) is 0 Å². The quantitative estimate of drug-likeness (QED) is 0.917. The number of methoxy groups -OCH3 is 1. The van der Waals surface area contributed by atoms with Crippen molar-refractivity contribution in [3.8, 4) is 5.75 Å². The van der Waals surface area contributed by atoms with Crippen LogP contribution in [0.2, 0.25) is 0 Å². The molecule has 4 heteroatoms. The number of aliphatic hydroxyl groups is 1. The van der Waals surface area contributed by atoms with Crippen LogP contribution < -0.4 is 4.74 Å². The molecule has 0 saturated carbocycles. The van der Waals surface area contributed by atoms with Gasteiger partial charge >= 0.3 is 0 Å². The molecular weight excluding hydrogens is 317 g/mol. The van der Waals surface area contributed by atoms with E-state index in [2.05, 4.69) is 29.2 Å². The first kappa shape index (κ1) is 16.6. The number of hydrogen-bond donors (Lipinski definition) is 1. The van der Waals surface area contributed by atoms with Crippen molar-refractivity contribution >= 4 is 0 Å². The van der Waals surface area contributed by atoms with E-state index in [0.717, 1.165) is 19.4 Å². The van der Waals surface area contributed by atoms with Gasteiger partial charge < -0.3 is 9.84 Å². The van der Waals surface area contributed by atoms with Crippen LogP contribution >= 0.6 is 0 Å². The largest absolute Gasteiger partial charge is 0.497 e. The number of halogens is 1. The lowest BCUT2D eigenvalue weighted by Gasteiger charge is -2.44. The molecule has 2 aliphatic heterocycles.